The second-order valence-electron chi connectivity index (χ2n) is 5.66. The van der Waals surface area contributed by atoms with Gasteiger partial charge in [-0.25, -0.2) is 4.79 Å². The third-order valence-electron chi connectivity index (χ3n) is 4.21. The van der Waals surface area contributed by atoms with Gasteiger partial charge in [-0.1, -0.05) is 6.42 Å². The molecule has 1 N–H and O–H groups in total. The van der Waals surface area contributed by atoms with Gasteiger partial charge in [0.1, 0.15) is 0 Å². The standard InChI is InChI=1S/C14H25N3O3/c18-13-5-10-17(14(19)20)12-11-16(13)9-4-8-15-6-2-1-3-7-15/h1-12H2,(H,19,20). The molecule has 0 aliphatic carbocycles. The van der Waals surface area contributed by atoms with E-state index in [0.717, 1.165) is 19.5 Å². The number of hydrogen-bond acceptors (Lipinski definition) is 3. The van der Waals surface area contributed by atoms with Gasteiger partial charge in [-0.05, 0) is 38.9 Å². The van der Waals surface area contributed by atoms with Gasteiger partial charge in [-0.15, -0.1) is 0 Å². The number of carbonyl (C=O) groups excluding carboxylic acids is 1. The molecule has 2 fully saturated rings. The number of nitrogens with zero attached hydrogens (tertiary/aromatic N) is 3. The maximum Gasteiger partial charge on any atom is 0.407 e. The highest BCUT2D eigenvalue weighted by Crippen LogP contribution is 2.10. The van der Waals surface area contributed by atoms with Crippen LogP contribution in [0.5, 0.6) is 0 Å². The zero-order valence-corrected chi connectivity index (χ0v) is 12.1. The number of amides is 2. The Kier molecular flexibility index (Phi) is 5.64. The predicted molar refractivity (Wildman–Crippen MR) is 75.7 cm³/mol. The highest BCUT2D eigenvalue weighted by Gasteiger charge is 2.23. The van der Waals surface area contributed by atoms with E-state index in [2.05, 4.69) is 4.90 Å². The Hall–Kier alpha value is -1.30. The number of hydrogen-bond donors (Lipinski definition) is 1. The third-order valence-corrected chi connectivity index (χ3v) is 4.21. The summed E-state index contributed by atoms with van der Waals surface area (Å²) in [6, 6.07) is 0. The molecule has 2 rings (SSSR count). The summed E-state index contributed by atoms with van der Waals surface area (Å²) in [7, 11) is 0. The topological polar surface area (TPSA) is 64.1 Å². The molecule has 0 saturated carbocycles. The van der Waals surface area contributed by atoms with E-state index in [-0.39, 0.29) is 5.91 Å². The van der Waals surface area contributed by atoms with Crippen LogP contribution in [-0.2, 0) is 4.79 Å². The number of likely N-dealkylation sites (tertiary alicyclic amines) is 1. The van der Waals surface area contributed by atoms with Crippen molar-refractivity contribution in [3.8, 4) is 0 Å². The molecule has 0 aromatic rings. The van der Waals surface area contributed by atoms with Crippen LogP contribution < -0.4 is 0 Å². The van der Waals surface area contributed by atoms with Crippen LogP contribution in [0.1, 0.15) is 32.1 Å². The Balaban J connectivity index is 1.71. The van der Waals surface area contributed by atoms with Gasteiger partial charge >= 0.3 is 6.09 Å². The average Bonchev–Trinajstić information content (AvgIpc) is 2.63. The van der Waals surface area contributed by atoms with E-state index in [4.69, 9.17) is 5.11 Å². The van der Waals surface area contributed by atoms with E-state index >= 15 is 0 Å². The van der Waals surface area contributed by atoms with Gasteiger partial charge < -0.3 is 19.8 Å². The Morgan fingerprint density at radius 3 is 2.45 bits per heavy atom. The summed E-state index contributed by atoms with van der Waals surface area (Å²) < 4.78 is 0. The summed E-state index contributed by atoms with van der Waals surface area (Å²) in [5.41, 5.74) is 0. The lowest BCUT2D eigenvalue weighted by Gasteiger charge is -2.28. The van der Waals surface area contributed by atoms with Gasteiger partial charge in [0, 0.05) is 32.6 Å². The molecular formula is C14H25N3O3. The van der Waals surface area contributed by atoms with Gasteiger partial charge in [-0.2, -0.15) is 0 Å². The van der Waals surface area contributed by atoms with Crippen molar-refractivity contribution in [1.29, 1.82) is 0 Å². The second kappa shape index (κ2) is 7.47. The van der Waals surface area contributed by atoms with Crippen molar-refractivity contribution in [2.24, 2.45) is 0 Å². The molecule has 6 heteroatoms. The first-order chi connectivity index (χ1) is 9.66. The highest BCUT2D eigenvalue weighted by atomic mass is 16.4. The molecule has 0 spiro atoms. The Bertz CT molecular complexity index is 343. The number of carbonyl (C=O) groups is 2. The number of rotatable bonds is 4. The van der Waals surface area contributed by atoms with E-state index in [1.807, 2.05) is 4.90 Å². The monoisotopic (exact) mass is 283 g/mol. The molecule has 0 aromatic heterocycles. The highest BCUT2D eigenvalue weighted by molar-refractivity contribution is 5.77. The molecule has 0 radical (unpaired) electrons. The third kappa shape index (κ3) is 4.37. The quantitative estimate of drug-likeness (QED) is 0.838. The first-order valence-electron chi connectivity index (χ1n) is 7.65. The van der Waals surface area contributed by atoms with Gasteiger partial charge in [0.15, 0.2) is 0 Å². The lowest BCUT2D eigenvalue weighted by atomic mass is 10.1. The lowest BCUT2D eigenvalue weighted by Crippen LogP contribution is -2.37. The molecule has 20 heavy (non-hydrogen) atoms. The zero-order valence-electron chi connectivity index (χ0n) is 12.1. The van der Waals surface area contributed by atoms with Crippen molar-refractivity contribution >= 4 is 12.0 Å². The van der Waals surface area contributed by atoms with Crippen LogP contribution in [0.4, 0.5) is 4.79 Å². The molecule has 2 saturated heterocycles. The second-order valence-corrected chi connectivity index (χ2v) is 5.66. The smallest absolute Gasteiger partial charge is 0.407 e. The molecule has 0 unspecified atom stereocenters. The van der Waals surface area contributed by atoms with E-state index in [9.17, 15) is 9.59 Å². The first-order valence-corrected chi connectivity index (χ1v) is 7.65. The Morgan fingerprint density at radius 2 is 1.75 bits per heavy atom. The molecule has 2 amide bonds. The van der Waals surface area contributed by atoms with Crippen molar-refractivity contribution in [2.75, 3.05) is 45.8 Å². The molecule has 2 aliphatic rings. The van der Waals surface area contributed by atoms with Crippen molar-refractivity contribution < 1.29 is 14.7 Å². The van der Waals surface area contributed by atoms with E-state index in [1.54, 1.807) is 0 Å². The largest absolute Gasteiger partial charge is 0.465 e. The van der Waals surface area contributed by atoms with Crippen LogP contribution in [-0.4, -0.2) is 77.6 Å². The van der Waals surface area contributed by atoms with Crippen LogP contribution in [0.15, 0.2) is 0 Å². The van der Waals surface area contributed by atoms with Crippen molar-refractivity contribution in [3.63, 3.8) is 0 Å². The fraction of sp³-hybridized carbons (Fsp3) is 0.857. The van der Waals surface area contributed by atoms with Crippen molar-refractivity contribution in [3.05, 3.63) is 0 Å². The van der Waals surface area contributed by atoms with Crippen LogP contribution >= 0.6 is 0 Å². The summed E-state index contributed by atoms with van der Waals surface area (Å²) in [6.07, 6.45) is 4.29. The van der Waals surface area contributed by atoms with Crippen molar-refractivity contribution in [1.82, 2.24) is 14.7 Å². The van der Waals surface area contributed by atoms with Crippen LogP contribution in [0.3, 0.4) is 0 Å². The Morgan fingerprint density at radius 1 is 1.00 bits per heavy atom. The molecular weight excluding hydrogens is 258 g/mol. The van der Waals surface area contributed by atoms with E-state index < -0.39 is 6.09 Å². The fourth-order valence-corrected chi connectivity index (χ4v) is 2.96. The molecule has 0 aromatic carbocycles. The minimum atomic E-state index is -0.923. The minimum absolute atomic E-state index is 0.0902. The van der Waals surface area contributed by atoms with E-state index in [0.29, 0.717) is 26.1 Å². The maximum absolute atomic E-state index is 12.0. The van der Waals surface area contributed by atoms with Crippen LogP contribution in [0.2, 0.25) is 0 Å². The van der Waals surface area contributed by atoms with Crippen molar-refractivity contribution in [2.45, 2.75) is 32.1 Å². The summed E-state index contributed by atoms with van der Waals surface area (Å²) in [5, 5.41) is 8.97. The van der Waals surface area contributed by atoms with Gasteiger partial charge in [-0.3, -0.25) is 4.79 Å². The molecule has 0 atom stereocenters. The molecule has 0 bridgehead atoms. The summed E-state index contributed by atoms with van der Waals surface area (Å²) in [6.45, 7) is 5.46. The predicted octanol–water partition coefficient (Wildman–Crippen LogP) is 1.07. The van der Waals surface area contributed by atoms with Crippen LogP contribution in [0, 0.1) is 0 Å². The van der Waals surface area contributed by atoms with E-state index in [1.165, 1.54) is 37.3 Å². The normalized spacial score (nSPS) is 21.9. The zero-order chi connectivity index (χ0) is 14.4. The summed E-state index contributed by atoms with van der Waals surface area (Å²) in [5.74, 6) is 0.0902. The molecule has 2 heterocycles. The Labute approximate surface area is 120 Å². The molecule has 2 aliphatic heterocycles. The maximum atomic E-state index is 12.0. The lowest BCUT2D eigenvalue weighted by molar-refractivity contribution is -0.130. The number of piperidine rings is 1. The molecule has 114 valence electrons. The number of carboxylic acid groups (broad SMARTS) is 1. The minimum Gasteiger partial charge on any atom is -0.465 e. The van der Waals surface area contributed by atoms with Gasteiger partial charge in [0.25, 0.3) is 0 Å². The SMILES string of the molecule is O=C(O)N1CCC(=O)N(CCCN2CCCCC2)CC1. The fourth-order valence-electron chi connectivity index (χ4n) is 2.96. The summed E-state index contributed by atoms with van der Waals surface area (Å²) in [4.78, 5) is 28.5. The van der Waals surface area contributed by atoms with Crippen LogP contribution in [0.25, 0.3) is 0 Å². The summed E-state index contributed by atoms with van der Waals surface area (Å²) >= 11 is 0. The molecule has 6 nitrogen and oxygen atoms in total. The van der Waals surface area contributed by atoms with Gasteiger partial charge in [0.05, 0.1) is 0 Å². The van der Waals surface area contributed by atoms with Gasteiger partial charge in [0.2, 0.25) is 5.91 Å². The average molecular weight is 283 g/mol. The first kappa shape index (κ1) is 15.1.